The number of hydrogen-bond donors (Lipinski definition) is 0. The fourth-order valence-corrected chi connectivity index (χ4v) is 11.2. The van der Waals surface area contributed by atoms with Crippen molar-refractivity contribution in [2.24, 2.45) is 0 Å². The van der Waals surface area contributed by atoms with Crippen molar-refractivity contribution in [2.75, 3.05) is 0 Å². The summed E-state index contributed by atoms with van der Waals surface area (Å²) >= 11 is -3.90. The van der Waals surface area contributed by atoms with Gasteiger partial charge in [-0.05, 0) is 0 Å². The zero-order valence-corrected chi connectivity index (χ0v) is 18.5. The molecule has 0 aliphatic carbocycles. The summed E-state index contributed by atoms with van der Waals surface area (Å²) in [5.74, 6) is -0.203. The first kappa shape index (κ1) is 18.6. The van der Waals surface area contributed by atoms with Gasteiger partial charge in [0.05, 0.1) is 0 Å². The number of carbonyl (C=O) groups is 2. The Morgan fingerprint density at radius 3 is 1.48 bits per heavy atom. The van der Waals surface area contributed by atoms with Crippen molar-refractivity contribution >= 4 is 74.7 Å². The second kappa shape index (κ2) is 6.68. The quantitative estimate of drug-likeness (QED) is 0.380. The summed E-state index contributed by atoms with van der Waals surface area (Å²) in [4.78, 5) is 24.2. The van der Waals surface area contributed by atoms with Crippen LogP contribution in [-0.2, 0) is 0 Å². The molecule has 0 radical (unpaired) electrons. The molecule has 0 unspecified atom stereocenters. The van der Waals surface area contributed by atoms with E-state index in [2.05, 4.69) is 0 Å². The Labute approximate surface area is 167 Å². The topological polar surface area (TPSA) is 44.0 Å². The molecular formula is C20H16Cl2N2O2Te. The number of para-hydroxylation sites is 2. The van der Waals surface area contributed by atoms with Crippen molar-refractivity contribution in [2.45, 2.75) is 13.8 Å². The van der Waals surface area contributed by atoms with Crippen LogP contribution in [0.4, 0.5) is 0 Å². The third-order valence-electron chi connectivity index (χ3n) is 4.58. The zero-order chi connectivity index (χ0) is 19.3. The molecule has 0 fully saturated rings. The van der Waals surface area contributed by atoms with E-state index < -0.39 is 15.9 Å². The van der Waals surface area contributed by atoms with Gasteiger partial charge in [0.1, 0.15) is 0 Å². The molecule has 2 heterocycles. The van der Waals surface area contributed by atoms with Crippen LogP contribution < -0.4 is 7.22 Å². The molecule has 4 rings (SSSR count). The molecule has 7 heteroatoms. The standard InChI is InChI=1S/C20H16Cl2N2O2Te/c1-13(25)23-11-19(15-7-3-5-9-17(15)23)27(21,22)20-12-24(14(2)26)18-10-6-4-8-16(18)20/h3-12H,1-2H3. The van der Waals surface area contributed by atoms with E-state index in [1.165, 1.54) is 13.8 Å². The Kier molecular flexibility index (Phi) is 4.60. The van der Waals surface area contributed by atoms with Crippen molar-refractivity contribution in [1.82, 2.24) is 9.13 Å². The Morgan fingerprint density at radius 1 is 0.741 bits per heavy atom. The molecule has 0 amide bonds. The molecule has 2 aromatic carbocycles. The van der Waals surface area contributed by atoms with E-state index >= 15 is 0 Å². The Morgan fingerprint density at radius 2 is 1.11 bits per heavy atom. The Bertz CT molecular complexity index is 1130. The average molecular weight is 515 g/mol. The van der Waals surface area contributed by atoms with E-state index in [4.69, 9.17) is 17.9 Å². The predicted molar refractivity (Wildman–Crippen MR) is 113 cm³/mol. The van der Waals surface area contributed by atoms with Gasteiger partial charge in [0.2, 0.25) is 0 Å². The van der Waals surface area contributed by atoms with Gasteiger partial charge in [-0.1, -0.05) is 0 Å². The first-order chi connectivity index (χ1) is 12.8. The van der Waals surface area contributed by atoms with Crippen LogP contribution >= 0.6 is 17.9 Å². The van der Waals surface area contributed by atoms with Crippen molar-refractivity contribution < 1.29 is 9.59 Å². The molecule has 0 spiro atoms. The summed E-state index contributed by atoms with van der Waals surface area (Å²) in [5.41, 5.74) is 1.57. The summed E-state index contributed by atoms with van der Waals surface area (Å²) in [6.07, 6.45) is 3.52. The van der Waals surface area contributed by atoms with Crippen LogP contribution in [0.5, 0.6) is 0 Å². The van der Waals surface area contributed by atoms with Gasteiger partial charge in [0.25, 0.3) is 0 Å². The van der Waals surface area contributed by atoms with E-state index in [-0.39, 0.29) is 11.8 Å². The van der Waals surface area contributed by atoms with Crippen LogP contribution in [0.3, 0.4) is 0 Å². The van der Waals surface area contributed by atoms with Crippen molar-refractivity contribution in [1.29, 1.82) is 0 Å². The molecule has 4 aromatic rings. The van der Waals surface area contributed by atoms with Crippen LogP contribution in [0.15, 0.2) is 60.9 Å². The monoisotopic (exact) mass is 516 g/mol. The number of rotatable bonds is 2. The Balaban J connectivity index is 2.04. The molecule has 27 heavy (non-hydrogen) atoms. The number of benzene rings is 2. The van der Waals surface area contributed by atoms with E-state index in [0.29, 0.717) is 0 Å². The van der Waals surface area contributed by atoms with Gasteiger partial charge in [-0.15, -0.1) is 0 Å². The molecule has 0 N–H and O–H groups in total. The van der Waals surface area contributed by atoms with Crippen molar-refractivity contribution in [3.05, 3.63) is 60.9 Å². The number of nitrogens with zero attached hydrogens (tertiary/aromatic N) is 2. The molecule has 0 saturated heterocycles. The van der Waals surface area contributed by atoms with E-state index in [1.54, 1.807) is 21.5 Å². The maximum absolute atomic E-state index is 12.1. The molecule has 4 nitrogen and oxygen atoms in total. The van der Waals surface area contributed by atoms with Crippen LogP contribution in [0.2, 0.25) is 0 Å². The van der Waals surface area contributed by atoms with Crippen LogP contribution in [-0.4, -0.2) is 36.9 Å². The third-order valence-corrected chi connectivity index (χ3v) is 14.1. The average Bonchev–Trinajstić information content (AvgIpc) is 3.22. The van der Waals surface area contributed by atoms with Gasteiger partial charge in [0, 0.05) is 0 Å². The first-order valence-electron chi connectivity index (χ1n) is 8.27. The zero-order valence-electron chi connectivity index (χ0n) is 14.6. The fourth-order valence-electron chi connectivity index (χ4n) is 3.34. The Hall–Kier alpha value is -1.77. The van der Waals surface area contributed by atoms with Crippen LogP contribution in [0.1, 0.15) is 23.4 Å². The molecule has 0 atom stereocenters. The first-order valence-corrected chi connectivity index (χ1v) is 16.5. The van der Waals surface area contributed by atoms with Crippen LogP contribution in [0, 0.1) is 0 Å². The predicted octanol–water partition coefficient (Wildman–Crippen LogP) is 3.95. The SMILES string of the molecule is CC(=O)n1cc([Te](Cl)(Cl)c2cn(C(C)=O)c3ccccc23)c2ccccc21. The second-order valence-corrected chi connectivity index (χ2v) is 18.7. The summed E-state index contributed by atoms with van der Waals surface area (Å²) < 4.78 is 4.75. The summed E-state index contributed by atoms with van der Waals surface area (Å²) in [5, 5.41) is 1.75. The van der Waals surface area contributed by atoms with Crippen LogP contribution in [0.25, 0.3) is 21.8 Å². The normalized spacial score (nSPS) is 12.6. The number of halogens is 2. The van der Waals surface area contributed by atoms with Crippen molar-refractivity contribution in [3.63, 3.8) is 0 Å². The summed E-state index contributed by atoms with van der Waals surface area (Å²) in [7, 11) is 14.2. The minimum absolute atomic E-state index is 0.101. The van der Waals surface area contributed by atoms with E-state index in [0.717, 1.165) is 29.0 Å². The maximum atomic E-state index is 12.1. The molecule has 138 valence electrons. The molecule has 0 aliphatic rings. The van der Waals surface area contributed by atoms with Gasteiger partial charge in [-0.25, -0.2) is 0 Å². The number of fused-ring (bicyclic) bond motifs is 2. The van der Waals surface area contributed by atoms with Gasteiger partial charge in [0.15, 0.2) is 0 Å². The number of aromatic nitrogens is 2. The summed E-state index contributed by atoms with van der Waals surface area (Å²) in [6, 6.07) is 15.2. The number of carbonyl (C=O) groups excluding carboxylic acids is 2. The second-order valence-electron chi connectivity index (χ2n) is 6.27. The van der Waals surface area contributed by atoms with Gasteiger partial charge in [-0.2, -0.15) is 0 Å². The summed E-state index contributed by atoms with van der Waals surface area (Å²) in [6.45, 7) is 3.02. The molecule has 2 aromatic heterocycles. The molecule has 0 bridgehead atoms. The van der Waals surface area contributed by atoms with Crippen molar-refractivity contribution in [3.8, 4) is 0 Å². The van der Waals surface area contributed by atoms with E-state index in [9.17, 15) is 9.59 Å². The fraction of sp³-hybridized carbons (Fsp3) is 0.100. The van der Waals surface area contributed by atoms with Gasteiger partial charge < -0.3 is 0 Å². The molecular weight excluding hydrogens is 499 g/mol. The third kappa shape index (κ3) is 2.90. The van der Waals surface area contributed by atoms with Gasteiger partial charge in [-0.3, -0.25) is 0 Å². The molecule has 0 aliphatic heterocycles. The number of hydrogen-bond acceptors (Lipinski definition) is 2. The minimum atomic E-state index is -3.90. The molecule has 0 saturated carbocycles. The van der Waals surface area contributed by atoms with E-state index in [1.807, 2.05) is 48.5 Å². The van der Waals surface area contributed by atoms with Gasteiger partial charge >= 0.3 is 168 Å².